The monoisotopic (exact) mass is 502 g/mol. The summed E-state index contributed by atoms with van der Waals surface area (Å²) in [4.78, 5) is 7.28. The summed E-state index contributed by atoms with van der Waals surface area (Å²) in [5, 5.41) is 7.03. The van der Waals surface area contributed by atoms with Crippen molar-refractivity contribution in [1.29, 1.82) is 0 Å². The Hall–Kier alpha value is -1.06. The SMILES string of the molecule is CCNC(=NCCN1CCOCC1C)NC1CC(C)(C)Oc2ccccc21.I. The maximum Gasteiger partial charge on any atom is 0.191 e. The van der Waals surface area contributed by atoms with Gasteiger partial charge < -0.3 is 20.1 Å². The van der Waals surface area contributed by atoms with Crippen molar-refractivity contribution in [2.24, 2.45) is 4.99 Å². The molecule has 2 heterocycles. The van der Waals surface area contributed by atoms with Crippen LogP contribution in [0.25, 0.3) is 0 Å². The Balaban J connectivity index is 0.00000280. The fraction of sp³-hybridized carbons (Fsp3) is 0.667. The maximum absolute atomic E-state index is 6.14. The molecular weight excluding hydrogens is 467 g/mol. The number of nitrogens with zero attached hydrogens (tertiary/aromatic N) is 2. The van der Waals surface area contributed by atoms with E-state index in [9.17, 15) is 0 Å². The van der Waals surface area contributed by atoms with Gasteiger partial charge in [-0.3, -0.25) is 9.89 Å². The molecule has 1 aromatic carbocycles. The van der Waals surface area contributed by atoms with Gasteiger partial charge in [-0.2, -0.15) is 0 Å². The first-order valence-corrected chi connectivity index (χ1v) is 10.1. The average molecular weight is 502 g/mol. The number of para-hydroxylation sites is 1. The summed E-state index contributed by atoms with van der Waals surface area (Å²) in [6.07, 6.45) is 0.898. The van der Waals surface area contributed by atoms with Crippen molar-refractivity contribution in [3.05, 3.63) is 29.8 Å². The van der Waals surface area contributed by atoms with Crippen molar-refractivity contribution >= 4 is 29.9 Å². The molecule has 2 atom stereocenters. The van der Waals surface area contributed by atoms with Gasteiger partial charge in [0.15, 0.2) is 5.96 Å². The number of guanidine groups is 1. The molecular formula is C21H35IN4O2. The van der Waals surface area contributed by atoms with E-state index in [0.29, 0.717) is 6.04 Å². The number of morpholine rings is 1. The van der Waals surface area contributed by atoms with Gasteiger partial charge in [0.2, 0.25) is 0 Å². The minimum Gasteiger partial charge on any atom is -0.487 e. The lowest BCUT2D eigenvalue weighted by molar-refractivity contribution is 0.00140. The Labute approximate surface area is 186 Å². The Kier molecular flexibility index (Phi) is 8.82. The molecule has 6 nitrogen and oxygen atoms in total. The van der Waals surface area contributed by atoms with Crippen LogP contribution in [-0.4, -0.2) is 61.9 Å². The molecule has 158 valence electrons. The van der Waals surface area contributed by atoms with E-state index in [1.54, 1.807) is 0 Å². The summed E-state index contributed by atoms with van der Waals surface area (Å²) < 4.78 is 11.7. The number of aliphatic imine (C=N–C) groups is 1. The summed E-state index contributed by atoms with van der Waals surface area (Å²) in [6, 6.07) is 8.94. The van der Waals surface area contributed by atoms with E-state index in [0.717, 1.165) is 57.5 Å². The third-order valence-electron chi connectivity index (χ3n) is 5.19. The number of nitrogens with one attached hydrogen (secondary N) is 2. The first-order valence-electron chi connectivity index (χ1n) is 10.1. The van der Waals surface area contributed by atoms with Crippen molar-refractivity contribution in [1.82, 2.24) is 15.5 Å². The molecule has 0 bridgehead atoms. The topological polar surface area (TPSA) is 58.1 Å². The fourth-order valence-corrected chi connectivity index (χ4v) is 3.80. The minimum absolute atomic E-state index is 0. The average Bonchev–Trinajstić information content (AvgIpc) is 2.62. The van der Waals surface area contributed by atoms with Crippen LogP contribution < -0.4 is 15.4 Å². The summed E-state index contributed by atoms with van der Waals surface area (Å²) in [6.45, 7) is 13.8. The third-order valence-corrected chi connectivity index (χ3v) is 5.19. The highest BCUT2D eigenvalue weighted by Gasteiger charge is 2.34. The normalized spacial score (nSPS) is 24.5. The summed E-state index contributed by atoms with van der Waals surface area (Å²) in [5.41, 5.74) is 0.997. The van der Waals surface area contributed by atoms with Gasteiger partial charge in [0, 0.05) is 37.7 Å². The Morgan fingerprint density at radius 2 is 2.11 bits per heavy atom. The number of hydrogen-bond acceptors (Lipinski definition) is 4. The largest absolute Gasteiger partial charge is 0.487 e. The molecule has 0 aromatic heterocycles. The predicted molar refractivity (Wildman–Crippen MR) is 125 cm³/mol. The second-order valence-electron chi connectivity index (χ2n) is 8.02. The number of hydrogen-bond donors (Lipinski definition) is 2. The van der Waals surface area contributed by atoms with E-state index in [2.05, 4.69) is 61.4 Å². The number of ether oxygens (including phenoxy) is 2. The Bertz CT molecular complexity index is 653. The van der Waals surface area contributed by atoms with Crippen LogP contribution in [0.3, 0.4) is 0 Å². The molecule has 2 N–H and O–H groups in total. The molecule has 3 rings (SSSR count). The number of rotatable bonds is 5. The van der Waals surface area contributed by atoms with Crippen LogP contribution in [0.2, 0.25) is 0 Å². The predicted octanol–water partition coefficient (Wildman–Crippen LogP) is 3.18. The fourth-order valence-electron chi connectivity index (χ4n) is 3.80. The molecule has 0 spiro atoms. The first-order chi connectivity index (χ1) is 13.0. The van der Waals surface area contributed by atoms with Gasteiger partial charge in [0.25, 0.3) is 0 Å². The van der Waals surface area contributed by atoms with Gasteiger partial charge in [0.05, 0.1) is 25.8 Å². The van der Waals surface area contributed by atoms with Crippen LogP contribution in [0, 0.1) is 0 Å². The van der Waals surface area contributed by atoms with E-state index in [4.69, 9.17) is 14.5 Å². The van der Waals surface area contributed by atoms with E-state index in [1.807, 2.05) is 6.07 Å². The quantitative estimate of drug-likeness (QED) is 0.368. The van der Waals surface area contributed by atoms with Crippen LogP contribution in [0.4, 0.5) is 0 Å². The van der Waals surface area contributed by atoms with Gasteiger partial charge in [-0.25, -0.2) is 0 Å². The van der Waals surface area contributed by atoms with E-state index in [-0.39, 0.29) is 35.6 Å². The van der Waals surface area contributed by atoms with E-state index >= 15 is 0 Å². The van der Waals surface area contributed by atoms with Crippen molar-refractivity contribution < 1.29 is 9.47 Å². The molecule has 1 aromatic rings. The molecule has 1 saturated heterocycles. The van der Waals surface area contributed by atoms with E-state index in [1.165, 1.54) is 5.56 Å². The summed E-state index contributed by atoms with van der Waals surface area (Å²) in [5.74, 6) is 1.83. The van der Waals surface area contributed by atoms with Crippen molar-refractivity contribution in [2.45, 2.75) is 51.8 Å². The summed E-state index contributed by atoms with van der Waals surface area (Å²) >= 11 is 0. The van der Waals surface area contributed by atoms with Gasteiger partial charge in [-0.1, -0.05) is 18.2 Å². The molecule has 0 saturated carbocycles. The molecule has 28 heavy (non-hydrogen) atoms. The summed E-state index contributed by atoms with van der Waals surface area (Å²) in [7, 11) is 0. The molecule has 2 unspecified atom stereocenters. The van der Waals surface area contributed by atoms with Crippen molar-refractivity contribution in [2.75, 3.05) is 39.4 Å². The molecule has 1 fully saturated rings. The highest BCUT2D eigenvalue weighted by atomic mass is 127. The van der Waals surface area contributed by atoms with Gasteiger partial charge in [-0.15, -0.1) is 24.0 Å². The zero-order chi connectivity index (χ0) is 19.3. The third kappa shape index (κ3) is 6.22. The number of fused-ring (bicyclic) bond motifs is 1. The maximum atomic E-state index is 6.14. The number of halogens is 1. The molecule has 0 amide bonds. The second-order valence-corrected chi connectivity index (χ2v) is 8.02. The minimum atomic E-state index is -0.202. The first kappa shape index (κ1) is 23.2. The van der Waals surface area contributed by atoms with Gasteiger partial charge in [0.1, 0.15) is 11.4 Å². The van der Waals surface area contributed by atoms with E-state index < -0.39 is 0 Å². The molecule has 2 aliphatic rings. The highest BCUT2D eigenvalue weighted by molar-refractivity contribution is 14.0. The molecule has 2 aliphatic heterocycles. The molecule has 0 aliphatic carbocycles. The smallest absolute Gasteiger partial charge is 0.191 e. The number of benzene rings is 1. The lowest BCUT2D eigenvalue weighted by Gasteiger charge is -2.38. The molecule has 7 heteroatoms. The van der Waals surface area contributed by atoms with Crippen LogP contribution >= 0.6 is 24.0 Å². The van der Waals surface area contributed by atoms with Gasteiger partial charge in [-0.05, 0) is 33.8 Å². The lowest BCUT2D eigenvalue weighted by Crippen LogP contribution is -2.46. The van der Waals surface area contributed by atoms with Crippen LogP contribution in [-0.2, 0) is 4.74 Å². The zero-order valence-electron chi connectivity index (χ0n) is 17.5. The highest BCUT2D eigenvalue weighted by Crippen LogP contribution is 2.39. The van der Waals surface area contributed by atoms with Crippen molar-refractivity contribution in [3.63, 3.8) is 0 Å². The Morgan fingerprint density at radius 3 is 2.86 bits per heavy atom. The standard InChI is InChI=1S/C21H34N4O2.HI/c1-5-22-20(23-10-11-25-12-13-26-15-16(25)2)24-18-14-21(3,4)27-19-9-7-6-8-17(18)19;/h6-9,16,18H,5,10-15H2,1-4H3,(H2,22,23,24);1H. The van der Waals surface area contributed by atoms with Crippen molar-refractivity contribution in [3.8, 4) is 5.75 Å². The Morgan fingerprint density at radius 1 is 1.32 bits per heavy atom. The second kappa shape index (κ2) is 10.6. The lowest BCUT2D eigenvalue weighted by atomic mass is 9.90. The molecule has 0 radical (unpaired) electrons. The zero-order valence-corrected chi connectivity index (χ0v) is 19.9. The van der Waals surface area contributed by atoms with Crippen LogP contribution in [0.1, 0.15) is 45.7 Å². The van der Waals surface area contributed by atoms with Gasteiger partial charge >= 0.3 is 0 Å². The van der Waals surface area contributed by atoms with Crippen LogP contribution in [0.5, 0.6) is 5.75 Å². The van der Waals surface area contributed by atoms with Crippen LogP contribution in [0.15, 0.2) is 29.3 Å².